The van der Waals surface area contributed by atoms with Crippen molar-refractivity contribution in [2.75, 3.05) is 20.8 Å². The van der Waals surface area contributed by atoms with Gasteiger partial charge in [0.05, 0.1) is 13.7 Å². The number of benzene rings is 1. The maximum absolute atomic E-state index is 13.5. The SMILES string of the molecule is CNC1(C(=O)OC)CCCC1CCOc1ccccc1F. The van der Waals surface area contributed by atoms with Gasteiger partial charge in [-0.15, -0.1) is 0 Å². The molecule has 2 rings (SSSR count). The summed E-state index contributed by atoms with van der Waals surface area (Å²) in [6, 6.07) is 6.34. The third-order valence-corrected chi connectivity index (χ3v) is 4.38. The normalized spacial score (nSPS) is 24.8. The Labute approximate surface area is 124 Å². The topological polar surface area (TPSA) is 47.6 Å². The van der Waals surface area contributed by atoms with E-state index in [9.17, 15) is 9.18 Å². The van der Waals surface area contributed by atoms with Gasteiger partial charge in [-0.1, -0.05) is 18.6 Å². The molecule has 0 heterocycles. The van der Waals surface area contributed by atoms with Crippen LogP contribution in [0.3, 0.4) is 0 Å². The fourth-order valence-electron chi connectivity index (χ4n) is 3.22. The lowest BCUT2D eigenvalue weighted by Gasteiger charge is -2.32. The van der Waals surface area contributed by atoms with Gasteiger partial charge < -0.3 is 14.8 Å². The van der Waals surface area contributed by atoms with E-state index in [1.165, 1.54) is 13.2 Å². The summed E-state index contributed by atoms with van der Waals surface area (Å²) in [6.45, 7) is 0.381. The van der Waals surface area contributed by atoms with E-state index in [4.69, 9.17) is 9.47 Å². The number of para-hydroxylation sites is 1. The van der Waals surface area contributed by atoms with Crippen LogP contribution >= 0.6 is 0 Å². The van der Waals surface area contributed by atoms with Crippen LogP contribution < -0.4 is 10.1 Å². The number of halogens is 1. The second-order valence-electron chi connectivity index (χ2n) is 5.37. The summed E-state index contributed by atoms with van der Waals surface area (Å²) in [6.07, 6.45) is 3.36. The van der Waals surface area contributed by atoms with Crippen LogP contribution in [-0.2, 0) is 9.53 Å². The first-order valence-electron chi connectivity index (χ1n) is 7.28. The molecule has 1 saturated carbocycles. The molecule has 116 valence electrons. The van der Waals surface area contributed by atoms with Crippen LogP contribution in [-0.4, -0.2) is 32.3 Å². The van der Waals surface area contributed by atoms with Gasteiger partial charge in [0.15, 0.2) is 11.6 Å². The number of ether oxygens (including phenoxy) is 2. The van der Waals surface area contributed by atoms with Crippen LogP contribution in [0.1, 0.15) is 25.7 Å². The second-order valence-corrected chi connectivity index (χ2v) is 5.37. The first-order valence-corrected chi connectivity index (χ1v) is 7.28. The number of rotatable bonds is 6. The summed E-state index contributed by atoms with van der Waals surface area (Å²) in [5.41, 5.74) is -0.632. The lowest BCUT2D eigenvalue weighted by molar-refractivity contribution is -0.150. The highest BCUT2D eigenvalue weighted by atomic mass is 19.1. The average molecular weight is 295 g/mol. The van der Waals surface area contributed by atoms with Crippen LogP contribution in [0.5, 0.6) is 5.75 Å². The zero-order valence-corrected chi connectivity index (χ0v) is 12.5. The minimum absolute atomic E-state index is 0.140. The minimum atomic E-state index is -0.632. The molecule has 5 heteroatoms. The van der Waals surface area contributed by atoms with Crippen LogP contribution in [0.2, 0.25) is 0 Å². The van der Waals surface area contributed by atoms with Crippen molar-refractivity contribution in [2.45, 2.75) is 31.2 Å². The molecule has 1 aromatic rings. The molecule has 0 saturated heterocycles. The molecule has 2 atom stereocenters. The Balaban J connectivity index is 1.96. The van der Waals surface area contributed by atoms with Gasteiger partial charge in [0.2, 0.25) is 0 Å². The molecule has 0 aliphatic heterocycles. The average Bonchev–Trinajstić information content (AvgIpc) is 2.92. The quantitative estimate of drug-likeness (QED) is 0.819. The Morgan fingerprint density at radius 2 is 2.24 bits per heavy atom. The molecule has 1 N–H and O–H groups in total. The molecule has 0 spiro atoms. The van der Waals surface area contributed by atoms with Crippen LogP contribution in [0.4, 0.5) is 4.39 Å². The Bertz CT molecular complexity index is 494. The van der Waals surface area contributed by atoms with Crippen molar-refractivity contribution >= 4 is 5.97 Å². The largest absolute Gasteiger partial charge is 0.491 e. The molecule has 0 radical (unpaired) electrons. The van der Waals surface area contributed by atoms with Gasteiger partial charge in [0.1, 0.15) is 5.54 Å². The maximum atomic E-state index is 13.5. The molecule has 1 aromatic carbocycles. The monoisotopic (exact) mass is 295 g/mol. The number of hydrogen-bond donors (Lipinski definition) is 1. The van der Waals surface area contributed by atoms with E-state index in [1.54, 1.807) is 25.2 Å². The summed E-state index contributed by atoms with van der Waals surface area (Å²) in [5, 5.41) is 3.13. The standard InChI is InChI=1S/C16H22FNO3/c1-18-16(15(19)20-2)10-5-6-12(16)9-11-21-14-8-4-3-7-13(14)17/h3-4,7-8,12,18H,5-6,9-11H2,1-2H3. The molecule has 0 amide bonds. The number of nitrogens with one attached hydrogen (secondary N) is 1. The maximum Gasteiger partial charge on any atom is 0.326 e. The summed E-state index contributed by atoms with van der Waals surface area (Å²) < 4.78 is 23.9. The van der Waals surface area contributed by atoms with Crippen LogP contribution in [0.15, 0.2) is 24.3 Å². The minimum Gasteiger partial charge on any atom is -0.491 e. The molecule has 4 nitrogen and oxygen atoms in total. The third-order valence-electron chi connectivity index (χ3n) is 4.38. The Morgan fingerprint density at radius 1 is 1.48 bits per heavy atom. The number of esters is 1. The van der Waals surface area contributed by atoms with Crippen molar-refractivity contribution in [1.82, 2.24) is 5.32 Å². The molecule has 1 aliphatic carbocycles. The van der Waals surface area contributed by atoms with Gasteiger partial charge in [-0.3, -0.25) is 4.79 Å². The molecule has 1 aliphatic rings. The molecular formula is C16H22FNO3. The Morgan fingerprint density at radius 3 is 2.90 bits per heavy atom. The predicted octanol–water partition coefficient (Wildman–Crippen LogP) is 2.53. The van der Waals surface area contributed by atoms with E-state index in [0.29, 0.717) is 13.0 Å². The van der Waals surface area contributed by atoms with Crippen molar-refractivity contribution < 1.29 is 18.7 Å². The number of hydrogen-bond acceptors (Lipinski definition) is 4. The van der Waals surface area contributed by atoms with Gasteiger partial charge in [-0.05, 0) is 44.4 Å². The van der Waals surface area contributed by atoms with Crippen LogP contribution in [0.25, 0.3) is 0 Å². The van der Waals surface area contributed by atoms with E-state index in [1.807, 2.05) is 0 Å². The summed E-state index contributed by atoms with van der Waals surface area (Å²) in [4.78, 5) is 12.1. The summed E-state index contributed by atoms with van der Waals surface area (Å²) >= 11 is 0. The van der Waals surface area contributed by atoms with Gasteiger partial charge >= 0.3 is 5.97 Å². The van der Waals surface area contributed by atoms with E-state index < -0.39 is 5.54 Å². The van der Waals surface area contributed by atoms with Crippen molar-refractivity contribution in [2.24, 2.45) is 5.92 Å². The molecule has 0 bridgehead atoms. The first kappa shape index (κ1) is 15.8. The number of carbonyl (C=O) groups excluding carboxylic acids is 1. The molecule has 2 unspecified atom stereocenters. The predicted molar refractivity (Wildman–Crippen MR) is 77.7 cm³/mol. The highest BCUT2D eigenvalue weighted by Gasteiger charge is 2.48. The van der Waals surface area contributed by atoms with Crippen LogP contribution in [0, 0.1) is 11.7 Å². The molecular weight excluding hydrogens is 273 g/mol. The summed E-state index contributed by atoms with van der Waals surface area (Å²) in [5.74, 6) is -0.194. The second kappa shape index (κ2) is 6.89. The highest BCUT2D eigenvalue weighted by molar-refractivity contribution is 5.81. The Kier molecular flexibility index (Phi) is 5.17. The lowest BCUT2D eigenvalue weighted by Crippen LogP contribution is -2.54. The van der Waals surface area contributed by atoms with Gasteiger partial charge in [0.25, 0.3) is 0 Å². The zero-order chi connectivity index (χ0) is 15.3. The van der Waals surface area contributed by atoms with E-state index >= 15 is 0 Å². The lowest BCUT2D eigenvalue weighted by atomic mass is 9.85. The van der Waals surface area contributed by atoms with Gasteiger partial charge in [-0.25, -0.2) is 4.39 Å². The van der Waals surface area contributed by atoms with E-state index in [2.05, 4.69) is 5.32 Å². The molecule has 21 heavy (non-hydrogen) atoms. The van der Waals surface area contributed by atoms with Crippen molar-refractivity contribution in [1.29, 1.82) is 0 Å². The smallest absolute Gasteiger partial charge is 0.326 e. The molecule has 0 aromatic heterocycles. The van der Waals surface area contributed by atoms with Gasteiger partial charge in [0, 0.05) is 0 Å². The van der Waals surface area contributed by atoms with Crippen molar-refractivity contribution in [3.8, 4) is 5.75 Å². The van der Waals surface area contributed by atoms with Gasteiger partial charge in [-0.2, -0.15) is 0 Å². The fourth-order valence-corrected chi connectivity index (χ4v) is 3.22. The number of methoxy groups -OCH3 is 1. The fraction of sp³-hybridized carbons (Fsp3) is 0.562. The highest BCUT2D eigenvalue weighted by Crippen LogP contribution is 2.38. The Hall–Kier alpha value is -1.62. The zero-order valence-electron chi connectivity index (χ0n) is 12.5. The number of carbonyl (C=O) groups is 1. The first-order chi connectivity index (χ1) is 10.1. The summed E-state index contributed by atoms with van der Waals surface area (Å²) in [7, 11) is 3.19. The van der Waals surface area contributed by atoms with Crippen molar-refractivity contribution in [3.63, 3.8) is 0 Å². The third kappa shape index (κ3) is 3.18. The van der Waals surface area contributed by atoms with E-state index in [-0.39, 0.29) is 23.5 Å². The van der Waals surface area contributed by atoms with Crippen molar-refractivity contribution in [3.05, 3.63) is 30.1 Å². The number of likely N-dealkylation sites (N-methyl/N-ethyl adjacent to an activating group) is 1. The molecule has 1 fully saturated rings. The van der Waals surface area contributed by atoms with E-state index in [0.717, 1.165) is 19.3 Å².